The Balaban J connectivity index is 3.02. The Morgan fingerprint density at radius 3 is 2.43 bits per heavy atom. The van der Waals surface area contributed by atoms with E-state index >= 15 is 0 Å². The van der Waals surface area contributed by atoms with Crippen molar-refractivity contribution in [1.29, 1.82) is 0 Å². The Morgan fingerprint density at radius 2 is 1.86 bits per heavy atom. The van der Waals surface area contributed by atoms with E-state index in [-0.39, 0.29) is 5.75 Å². The summed E-state index contributed by atoms with van der Waals surface area (Å²) >= 11 is 0. The summed E-state index contributed by atoms with van der Waals surface area (Å²) < 4.78 is 0. The van der Waals surface area contributed by atoms with E-state index in [0.717, 1.165) is 11.1 Å². The Morgan fingerprint density at radius 1 is 1.29 bits per heavy atom. The van der Waals surface area contributed by atoms with Gasteiger partial charge in [0.25, 0.3) is 0 Å². The van der Waals surface area contributed by atoms with Gasteiger partial charge in [-0.1, -0.05) is 0 Å². The molecule has 0 bridgehead atoms. The highest BCUT2D eigenvalue weighted by Gasteiger charge is 2.12. The number of phenols is 1. The molecule has 0 fully saturated rings. The summed E-state index contributed by atoms with van der Waals surface area (Å²) in [7, 11) is 1.77. The second-order valence-electron chi connectivity index (χ2n) is 3.57. The number of aliphatic hydroxyl groups excluding tert-OH is 1. The number of aryl methyl sites for hydroxylation is 2. The lowest BCUT2D eigenvalue weighted by atomic mass is 10.0. The average Bonchev–Trinajstić information content (AvgIpc) is 2.11. The molecule has 0 amide bonds. The van der Waals surface area contributed by atoms with E-state index in [1.807, 2.05) is 19.9 Å². The summed E-state index contributed by atoms with van der Waals surface area (Å²) in [6.45, 7) is 4.34. The van der Waals surface area contributed by atoms with Crippen molar-refractivity contribution in [3.05, 3.63) is 28.8 Å². The summed E-state index contributed by atoms with van der Waals surface area (Å²) in [5.41, 5.74) is 2.69. The molecular formula is C11H17NO2. The number of aliphatic hydroxyl groups is 1. The summed E-state index contributed by atoms with van der Waals surface area (Å²) in [5, 5.41) is 22.2. The Hall–Kier alpha value is -1.06. The fourth-order valence-corrected chi connectivity index (χ4v) is 1.39. The highest BCUT2D eigenvalue weighted by atomic mass is 16.3. The van der Waals surface area contributed by atoms with Crippen molar-refractivity contribution >= 4 is 0 Å². The van der Waals surface area contributed by atoms with Gasteiger partial charge in [0.05, 0.1) is 6.10 Å². The normalized spacial score (nSPS) is 12.9. The topological polar surface area (TPSA) is 52.5 Å². The molecule has 0 heterocycles. The van der Waals surface area contributed by atoms with E-state index in [9.17, 15) is 10.2 Å². The van der Waals surface area contributed by atoms with E-state index < -0.39 is 6.10 Å². The second kappa shape index (κ2) is 4.44. The molecule has 0 spiro atoms. The lowest BCUT2D eigenvalue weighted by molar-refractivity contribution is 0.174. The Kier molecular flexibility index (Phi) is 3.49. The fraction of sp³-hybridized carbons (Fsp3) is 0.455. The molecule has 0 aliphatic rings. The molecule has 1 atom stereocenters. The highest BCUT2D eigenvalue weighted by Crippen LogP contribution is 2.26. The van der Waals surface area contributed by atoms with Crippen LogP contribution in [0.25, 0.3) is 0 Å². The van der Waals surface area contributed by atoms with Gasteiger partial charge in [-0.2, -0.15) is 0 Å². The van der Waals surface area contributed by atoms with Crippen LogP contribution in [0.1, 0.15) is 22.8 Å². The fourth-order valence-electron chi connectivity index (χ4n) is 1.39. The Bertz CT molecular complexity index is 323. The van der Waals surface area contributed by atoms with Crippen LogP contribution in [-0.2, 0) is 0 Å². The maximum absolute atomic E-state index is 9.69. The van der Waals surface area contributed by atoms with Crippen molar-refractivity contribution in [3.8, 4) is 5.75 Å². The van der Waals surface area contributed by atoms with Crippen molar-refractivity contribution in [2.75, 3.05) is 13.6 Å². The number of aromatic hydroxyl groups is 1. The average molecular weight is 195 g/mol. The van der Waals surface area contributed by atoms with Crippen molar-refractivity contribution in [3.63, 3.8) is 0 Å². The molecule has 0 aliphatic heterocycles. The molecule has 78 valence electrons. The zero-order chi connectivity index (χ0) is 10.7. The van der Waals surface area contributed by atoms with Crippen molar-refractivity contribution in [1.82, 2.24) is 5.32 Å². The first-order chi connectivity index (χ1) is 6.56. The first-order valence-electron chi connectivity index (χ1n) is 4.69. The van der Waals surface area contributed by atoms with E-state index in [1.54, 1.807) is 13.1 Å². The molecule has 1 aromatic carbocycles. The second-order valence-corrected chi connectivity index (χ2v) is 3.57. The number of rotatable bonds is 3. The van der Waals surface area contributed by atoms with Gasteiger partial charge in [0.2, 0.25) is 0 Å². The number of benzene rings is 1. The molecule has 0 saturated carbocycles. The minimum atomic E-state index is -0.653. The number of hydrogen-bond acceptors (Lipinski definition) is 3. The zero-order valence-corrected chi connectivity index (χ0v) is 8.83. The maximum atomic E-state index is 9.69. The van der Waals surface area contributed by atoms with E-state index in [4.69, 9.17) is 0 Å². The van der Waals surface area contributed by atoms with Crippen LogP contribution in [-0.4, -0.2) is 23.8 Å². The van der Waals surface area contributed by atoms with Crippen LogP contribution in [0.15, 0.2) is 12.1 Å². The SMILES string of the molecule is CNCC(O)c1cc(C)c(C)cc1O. The molecule has 0 saturated heterocycles. The van der Waals surface area contributed by atoms with Crippen LogP contribution in [0.3, 0.4) is 0 Å². The molecule has 3 heteroatoms. The summed E-state index contributed by atoms with van der Waals surface area (Å²) in [5.74, 6) is 0.163. The maximum Gasteiger partial charge on any atom is 0.121 e. The molecular weight excluding hydrogens is 178 g/mol. The molecule has 0 radical (unpaired) electrons. The Labute approximate surface area is 84.4 Å². The third-order valence-electron chi connectivity index (χ3n) is 2.40. The summed E-state index contributed by atoms with van der Waals surface area (Å²) in [6, 6.07) is 3.51. The third kappa shape index (κ3) is 2.25. The molecule has 14 heavy (non-hydrogen) atoms. The van der Waals surface area contributed by atoms with Crippen LogP contribution in [0.5, 0.6) is 5.75 Å². The van der Waals surface area contributed by atoms with Gasteiger partial charge in [-0.25, -0.2) is 0 Å². The van der Waals surface area contributed by atoms with Gasteiger partial charge in [-0.3, -0.25) is 0 Å². The van der Waals surface area contributed by atoms with Gasteiger partial charge >= 0.3 is 0 Å². The molecule has 1 unspecified atom stereocenters. The molecule has 1 rings (SSSR count). The van der Waals surface area contributed by atoms with Crippen molar-refractivity contribution in [2.24, 2.45) is 0 Å². The standard InChI is InChI=1S/C11H17NO2/c1-7-4-9(11(14)6-12-3)10(13)5-8(7)2/h4-5,11-14H,6H2,1-3H3. The van der Waals surface area contributed by atoms with Crippen molar-refractivity contribution in [2.45, 2.75) is 20.0 Å². The predicted molar refractivity (Wildman–Crippen MR) is 56.5 cm³/mol. The molecule has 0 aromatic heterocycles. The summed E-state index contributed by atoms with van der Waals surface area (Å²) in [4.78, 5) is 0. The lowest BCUT2D eigenvalue weighted by Gasteiger charge is -2.14. The molecule has 0 aliphatic carbocycles. The lowest BCUT2D eigenvalue weighted by Crippen LogP contribution is -2.16. The first-order valence-corrected chi connectivity index (χ1v) is 4.69. The summed E-state index contributed by atoms with van der Waals surface area (Å²) in [6.07, 6.45) is -0.653. The number of nitrogens with one attached hydrogen (secondary N) is 1. The highest BCUT2D eigenvalue weighted by molar-refractivity contribution is 5.42. The molecule has 3 N–H and O–H groups in total. The van der Waals surface area contributed by atoms with Crippen LogP contribution < -0.4 is 5.32 Å². The van der Waals surface area contributed by atoms with Gasteiger partial charge in [0.1, 0.15) is 5.75 Å². The number of hydrogen-bond donors (Lipinski definition) is 3. The molecule has 3 nitrogen and oxygen atoms in total. The smallest absolute Gasteiger partial charge is 0.121 e. The van der Waals surface area contributed by atoms with Gasteiger partial charge in [-0.15, -0.1) is 0 Å². The zero-order valence-electron chi connectivity index (χ0n) is 8.83. The molecule has 1 aromatic rings. The number of likely N-dealkylation sites (N-methyl/N-ethyl adjacent to an activating group) is 1. The van der Waals surface area contributed by atoms with Crippen LogP contribution in [0, 0.1) is 13.8 Å². The predicted octanol–water partition coefficient (Wildman–Crippen LogP) is 1.26. The van der Waals surface area contributed by atoms with Crippen LogP contribution in [0.4, 0.5) is 0 Å². The van der Waals surface area contributed by atoms with Gasteiger partial charge in [0.15, 0.2) is 0 Å². The van der Waals surface area contributed by atoms with Crippen molar-refractivity contribution < 1.29 is 10.2 Å². The third-order valence-corrected chi connectivity index (χ3v) is 2.40. The van der Waals surface area contributed by atoms with Crippen LogP contribution >= 0.6 is 0 Å². The quantitative estimate of drug-likeness (QED) is 0.680. The van der Waals surface area contributed by atoms with Gasteiger partial charge in [0, 0.05) is 12.1 Å². The van der Waals surface area contributed by atoms with Crippen LogP contribution in [0.2, 0.25) is 0 Å². The minimum absolute atomic E-state index is 0.163. The van der Waals surface area contributed by atoms with Gasteiger partial charge < -0.3 is 15.5 Å². The monoisotopic (exact) mass is 195 g/mol. The van der Waals surface area contributed by atoms with Gasteiger partial charge in [-0.05, 0) is 44.2 Å². The van der Waals surface area contributed by atoms with E-state index in [2.05, 4.69) is 5.32 Å². The van der Waals surface area contributed by atoms with E-state index in [0.29, 0.717) is 12.1 Å². The first kappa shape index (κ1) is 11.0. The number of phenolic OH excluding ortho intramolecular Hbond substituents is 1. The largest absolute Gasteiger partial charge is 0.508 e. The minimum Gasteiger partial charge on any atom is -0.508 e. The van der Waals surface area contributed by atoms with E-state index in [1.165, 1.54) is 0 Å².